The van der Waals surface area contributed by atoms with Crippen LogP contribution in [0.4, 0.5) is 0 Å². The lowest BCUT2D eigenvalue weighted by atomic mass is 9.80. The van der Waals surface area contributed by atoms with Crippen molar-refractivity contribution in [1.82, 2.24) is 9.97 Å². The number of fused-ring (bicyclic) bond motifs is 6. The summed E-state index contributed by atoms with van der Waals surface area (Å²) in [7, 11) is 0. The standard InChI is InChI=1S/C55H38N2/c1-55(2)47-31-17-30-45(53(47)46-32-37-22-9-10-23-38(37)33-48(46)55)52-43-28-15-13-26-41(43)51(42-27-14-16-29-44(42)52)40-25-12-11-24-39(40)50-34-49(35-18-5-3-6-19-35)56-54(57-50)36-20-7-4-8-21-36/h3-34H,1-2H3. The summed E-state index contributed by atoms with van der Waals surface area (Å²) in [5, 5.41) is 7.46. The molecule has 10 aromatic rings. The highest BCUT2D eigenvalue weighted by Crippen LogP contribution is 2.55. The van der Waals surface area contributed by atoms with E-state index in [9.17, 15) is 0 Å². The van der Waals surface area contributed by atoms with E-state index < -0.39 is 0 Å². The van der Waals surface area contributed by atoms with Gasteiger partial charge in [0.15, 0.2) is 5.82 Å². The van der Waals surface area contributed by atoms with Gasteiger partial charge in [0.2, 0.25) is 0 Å². The van der Waals surface area contributed by atoms with Crippen molar-refractivity contribution in [3.63, 3.8) is 0 Å². The third-order valence-corrected chi connectivity index (χ3v) is 12.1. The van der Waals surface area contributed by atoms with Crippen molar-refractivity contribution in [2.24, 2.45) is 0 Å². The van der Waals surface area contributed by atoms with Crippen LogP contribution in [-0.2, 0) is 5.41 Å². The molecule has 0 fully saturated rings. The minimum atomic E-state index is -0.135. The van der Waals surface area contributed by atoms with E-state index in [1.165, 1.54) is 71.3 Å². The highest BCUT2D eigenvalue weighted by atomic mass is 14.9. The molecule has 0 unspecified atom stereocenters. The topological polar surface area (TPSA) is 25.8 Å². The van der Waals surface area contributed by atoms with Crippen molar-refractivity contribution < 1.29 is 0 Å². The normalized spacial score (nSPS) is 12.9. The molecule has 0 amide bonds. The number of aromatic nitrogens is 2. The Morgan fingerprint density at radius 1 is 0.333 bits per heavy atom. The van der Waals surface area contributed by atoms with E-state index in [4.69, 9.17) is 9.97 Å². The Morgan fingerprint density at radius 2 is 0.825 bits per heavy atom. The summed E-state index contributed by atoms with van der Waals surface area (Å²) in [6.07, 6.45) is 0. The lowest BCUT2D eigenvalue weighted by molar-refractivity contribution is 0.661. The molecule has 0 spiro atoms. The molecule has 1 heterocycles. The first-order valence-corrected chi connectivity index (χ1v) is 19.8. The third-order valence-electron chi connectivity index (χ3n) is 12.1. The Labute approximate surface area is 332 Å². The summed E-state index contributed by atoms with van der Waals surface area (Å²) < 4.78 is 0. The fourth-order valence-corrected chi connectivity index (χ4v) is 9.37. The summed E-state index contributed by atoms with van der Waals surface area (Å²) >= 11 is 0. The maximum atomic E-state index is 5.30. The third kappa shape index (κ3) is 5.25. The predicted molar refractivity (Wildman–Crippen MR) is 239 cm³/mol. The smallest absolute Gasteiger partial charge is 0.160 e. The molecule has 0 N–H and O–H groups in total. The largest absolute Gasteiger partial charge is 0.228 e. The van der Waals surface area contributed by atoms with Crippen LogP contribution in [0.3, 0.4) is 0 Å². The number of benzene rings is 9. The van der Waals surface area contributed by atoms with Gasteiger partial charge in [0.25, 0.3) is 0 Å². The number of rotatable bonds is 5. The molecule has 268 valence electrons. The molecular weight excluding hydrogens is 689 g/mol. The number of hydrogen-bond acceptors (Lipinski definition) is 2. The molecule has 2 heteroatoms. The number of nitrogens with zero attached hydrogens (tertiary/aromatic N) is 2. The molecule has 1 aliphatic rings. The van der Waals surface area contributed by atoms with Crippen LogP contribution in [0.5, 0.6) is 0 Å². The fourth-order valence-electron chi connectivity index (χ4n) is 9.37. The van der Waals surface area contributed by atoms with Gasteiger partial charge in [-0.25, -0.2) is 9.97 Å². The molecule has 9 aromatic carbocycles. The average Bonchev–Trinajstić information content (AvgIpc) is 3.50. The predicted octanol–water partition coefficient (Wildman–Crippen LogP) is 14.6. The first-order chi connectivity index (χ1) is 28.0. The van der Waals surface area contributed by atoms with Gasteiger partial charge in [0, 0.05) is 22.1 Å². The molecule has 0 radical (unpaired) electrons. The highest BCUT2D eigenvalue weighted by Gasteiger charge is 2.37. The zero-order valence-electron chi connectivity index (χ0n) is 31.9. The average molecular weight is 727 g/mol. The maximum Gasteiger partial charge on any atom is 0.160 e. The quantitative estimate of drug-likeness (QED) is 0.165. The van der Waals surface area contributed by atoms with E-state index in [2.05, 4.69) is 184 Å². The van der Waals surface area contributed by atoms with Gasteiger partial charge in [-0.3, -0.25) is 0 Å². The van der Waals surface area contributed by atoms with Gasteiger partial charge < -0.3 is 0 Å². The van der Waals surface area contributed by atoms with Crippen molar-refractivity contribution in [3.8, 4) is 67.3 Å². The van der Waals surface area contributed by atoms with Gasteiger partial charge in [-0.05, 0) is 95.0 Å². The van der Waals surface area contributed by atoms with Gasteiger partial charge in [-0.1, -0.05) is 190 Å². The summed E-state index contributed by atoms with van der Waals surface area (Å²) in [6, 6.07) is 70.1. The lowest BCUT2D eigenvalue weighted by Crippen LogP contribution is -2.14. The van der Waals surface area contributed by atoms with Gasteiger partial charge in [-0.15, -0.1) is 0 Å². The minimum absolute atomic E-state index is 0.135. The Balaban J connectivity index is 1.19. The second-order valence-corrected chi connectivity index (χ2v) is 15.7. The second-order valence-electron chi connectivity index (χ2n) is 15.7. The molecule has 0 bridgehead atoms. The Morgan fingerprint density at radius 3 is 1.47 bits per heavy atom. The van der Waals surface area contributed by atoms with Crippen molar-refractivity contribution in [2.75, 3.05) is 0 Å². The van der Waals surface area contributed by atoms with E-state index in [-0.39, 0.29) is 5.41 Å². The first kappa shape index (κ1) is 33.2. The van der Waals surface area contributed by atoms with Crippen molar-refractivity contribution in [3.05, 3.63) is 205 Å². The lowest BCUT2D eigenvalue weighted by Gasteiger charge is -2.23. The SMILES string of the molecule is CC1(C)c2cc3ccccc3cc2-c2c(-c3c4ccccc4c(-c4ccccc4-c4cc(-c5ccccc5)nc(-c5ccccc5)n4)c4ccccc34)cccc21. The molecule has 0 saturated carbocycles. The number of hydrogen-bond donors (Lipinski definition) is 0. The van der Waals surface area contributed by atoms with Crippen molar-refractivity contribution >= 4 is 32.3 Å². The van der Waals surface area contributed by atoms with Crippen LogP contribution >= 0.6 is 0 Å². The molecule has 11 rings (SSSR count). The van der Waals surface area contributed by atoms with Crippen LogP contribution in [0.25, 0.3) is 99.6 Å². The zero-order chi connectivity index (χ0) is 38.1. The summed E-state index contributed by atoms with van der Waals surface area (Å²) in [6.45, 7) is 4.76. The Hall–Kier alpha value is -7.16. The molecule has 0 atom stereocenters. The second kappa shape index (κ2) is 13.0. The molecule has 1 aromatic heterocycles. The van der Waals surface area contributed by atoms with Crippen molar-refractivity contribution in [1.29, 1.82) is 0 Å². The molecule has 1 aliphatic carbocycles. The molecule has 0 saturated heterocycles. The van der Waals surface area contributed by atoms with Crippen LogP contribution in [-0.4, -0.2) is 9.97 Å². The van der Waals surface area contributed by atoms with E-state index in [1.807, 2.05) is 24.3 Å². The Kier molecular flexibility index (Phi) is 7.55. The van der Waals surface area contributed by atoms with Crippen LogP contribution in [0.1, 0.15) is 25.0 Å². The summed E-state index contributed by atoms with van der Waals surface area (Å²) in [4.78, 5) is 10.4. The zero-order valence-corrected chi connectivity index (χ0v) is 31.9. The van der Waals surface area contributed by atoms with Crippen molar-refractivity contribution in [2.45, 2.75) is 19.3 Å². The molecular formula is C55H38N2. The highest BCUT2D eigenvalue weighted by molar-refractivity contribution is 6.23. The monoisotopic (exact) mass is 726 g/mol. The van der Waals surface area contributed by atoms with Gasteiger partial charge in [0.05, 0.1) is 11.4 Å². The molecule has 2 nitrogen and oxygen atoms in total. The van der Waals surface area contributed by atoms with E-state index >= 15 is 0 Å². The summed E-state index contributed by atoms with van der Waals surface area (Å²) in [5.41, 5.74) is 15.1. The van der Waals surface area contributed by atoms with E-state index in [1.54, 1.807) is 0 Å². The van der Waals surface area contributed by atoms with Gasteiger partial charge >= 0.3 is 0 Å². The van der Waals surface area contributed by atoms with Crippen LogP contribution in [0, 0.1) is 0 Å². The van der Waals surface area contributed by atoms with Crippen LogP contribution in [0.2, 0.25) is 0 Å². The minimum Gasteiger partial charge on any atom is -0.228 e. The maximum absolute atomic E-state index is 5.30. The fraction of sp³-hybridized carbons (Fsp3) is 0.0545. The van der Waals surface area contributed by atoms with Crippen LogP contribution in [0.15, 0.2) is 194 Å². The first-order valence-electron chi connectivity index (χ1n) is 19.8. The molecule has 0 aliphatic heterocycles. The Bertz CT molecular complexity index is 3080. The van der Waals surface area contributed by atoms with E-state index in [0.29, 0.717) is 5.82 Å². The summed E-state index contributed by atoms with van der Waals surface area (Å²) in [5.74, 6) is 0.709. The van der Waals surface area contributed by atoms with Gasteiger partial charge in [0.1, 0.15) is 0 Å². The van der Waals surface area contributed by atoms with Crippen LogP contribution < -0.4 is 0 Å². The van der Waals surface area contributed by atoms with E-state index in [0.717, 1.165) is 33.6 Å². The molecule has 57 heavy (non-hydrogen) atoms. The van der Waals surface area contributed by atoms with Gasteiger partial charge in [-0.2, -0.15) is 0 Å².